The molecule has 0 heteroatoms. The van der Waals surface area contributed by atoms with Gasteiger partial charge in [-0.05, 0) is 18.3 Å². The van der Waals surface area contributed by atoms with Crippen molar-refractivity contribution in [2.24, 2.45) is 0 Å². The first kappa shape index (κ1) is 4.17. The molecular formula is C10H14. The van der Waals surface area contributed by atoms with Crippen LogP contribution in [0.5, 0.6) is 0 Å². The fraction of sp³-hybridized carbons (Fsp3) is 0.400. The Morgan fingerprint density at radius 3 is 2.20 bits per heavy atom. The van der Waals surface area contributed by atoms with E-state index in [-0.39, 0.29) is 0 Å². The molecule has 0 atom stereocenters. The third-order valence-electron chi connectivity index (χ3n) is 1.58. The first-order chi connectivity index (χ1) is 5.91. The molecule has 54 valence electrons. The highest BCUT2D eigenvalue weighted by Crippen LogP contribution is 2.13. The van der Waals surface area contributed by atoms with Crippen LogP contribution in [0.2, 0.25) is 0 Å². The van der Waals surface area contributed by atoms with Crippen LogP contribution < -0.4 is 0 Å². The third kappa shape index (κ3) is 1.60. The maximum atomic E-state index is 7.18. The summed E-state index contributed by atoms with van der Waals surface area (Å²) in [6.07, 6.45) is 0. The van der Waals surface area contributed by atoms with Gasteiger partial charge in [-0.1, -0.05) is 43.7 Å². The van der Waals surface area contributed by atoms with E-state index in [0.29, 0.717) is 11.5 Å². The molecule has 0 aliphatic rings. The maximum absolute atomic E-state index is 7.18. The zero-order valence-electron chi connectivity index (χ0n) is 9.39. The van der Waals surface area contributed by atoms with E-state index in [0.717, 1.165) is 0 Å². The van der Waals surface area contributed by atoms with E-state index in [1.165, 1.54) is 5.56 Å². The summed E-state index contributed by atoms with van der Waals surface area (Å²) in [4.78, 5) is 0. The van der Waals surface area contributed by atoms with Crippen molar-refractivity contribution in [3.8, 4) is 0 Å². The Labute approximate surface area is 67.1 Å². The largest absolute Gasteiger partial charge is 0.0590 e. The molecule has 0 amide bonds. The molecule has 0 nitrogen and oxygen atoms in total. The van der Waals surface area contributed by atoms with Crippen molar-refractivity contribution in [1.82, 2.24) is 0 Å². The van der Waals surface area contributed by atoms with Crippen molar-refractivity contribution in [1.29, 1.82) is 0 Å². The summed E-state index contributed by atoms with van der Waals surface area (Å²) in [5.41, 5.74) is 1.59. The number of benzene rings is 1. The van der Waals surface area contributed by atoms with Crippen LogP contribution in [0.1, 0.15) is 35.0 Å². The van der Waals surface area contributed by atoms with E-state index in [4.69, 9.17) is 4.11 Å². The van der Waals surface area contributed by atoms with Crippen molar-refractivity contribution < 1.29 is 4.11 Å². The molecule has 0 radical (unpaired) electrons. The van der Waals surface area contributed by atoms with Crippen molar-refractivity contribution in [3.05, 3.63) is 35.4 Å². The first-order valence-corrected chi connectivity index (χ1v) is 3.51. The second-order valence-electron chi connectivity index (χ2n) is 2.78. The van der Waals surface area contributed by atoms with Gasteiger partial charge in [0.15, 0.2) is 0 Å². The lowest BCUT2D eigenvalue weighted by Crippen LogP contribution is -1.85. The first-order valence-electron chi connectivity index (χ1n) is 5.01. The van der Waals surface area contributed by atoms with Crippen LogP contribution in [0, 0.1) is 6.85 Å². The highest BCUT2D eigenvalue weighted by atomic mass is 14.0. The van der Waals surface area contributed by atoms with Gasteiger partial charge in [0.25, 0.3) is 0 Å². The monoisotopic (exact) mass is 137 g/mol. The Morgan fingerprint density at radius 1 is 1.20 bits per heavy atom. The summed E-state index contributed by atoms with van der Waals surface area (Å²) in [6.45, 7) is 2.20. The molecule has 1 aromatic carbocycles. The molecule has 0 saturated carbocycles. The van der Waals surface area contributed by atoms with E-state index in [1.54, 1.807) is 12.1 Å². The van der Waals surface area contributed by atoms with Crippen molar-refractivity contribution in [3.63, 3.8) is 0 Å². The van der Waals surface area contributed by atoms with Gasteiger partial charge in [-0.15, -0.1) is 0 Å². The predicted molar refractivity (Wildman–Crippen MR) is 45.3 cm³/mol. The fourth-order valence-corrected chi connectivity index (χ4v) is 0.868. The average molecular weight is 137 g/mol. The molecule has 0 fully saturated rings. The number of hydrogen-bond donors (Lipinski definition) is 0. The second kappa shape index (κ2) is 2.87. The lowest BCUT2D eigenvalue weighted by Gasteiger charge is -2.03. The van der Waals surface area contributed by atoms with Crippen LogP contribution in [0.25, 0.3) is 0 Å². The van der Waals surface area contributed by atoms with Crippen molar-refractivity contribution in [2.75, 3.05) is 0 Å². The van der Waals surface area contributed by atoms with Crippen LogP contribution in [-0.2, 0) is 0 Å². The van der Waals surface area contributed by atoms with Gasteiger partial charge in [-0.3, -0.25) is 0 Å². The van der Waals surface area contributed by atoms with E-state index >= 15 is 0 Å². The molecular weight excluding hydrogens is 120 g/mol. The van der Waals surface area contributed by atoms with E-state index in [9.17, 15) is 0 Å². The molecule has 0 saturated heterocycles. The van der Waals surface area contributed by atoms with Gasteiger partial charge in [0.1, 0.15) is 0 Å². The molecule has 0 aliphatic carbocycles. The minimum Gasteiger partial charge on any atom is -0.0590 e. The van der Waals surface area contributed by atoms with Crippen LogP contribution in [0.3, 0.4) is 0 Å². The highest BCUT2D eigenvalue weighted by molar-refractivity contribution is 5.23. The molecule has 0 N–H and O–H groups in total. The SMILES string of the molecule is [2H]C([2H])([2H])c1ccc(C(C)C)cc1. The van der Waals surface area contributed by atoms with Gasteiger partial charge in [0, 0.05) is 4.11 Å². The van der Waals surface area contributed by atoms with Gasteiger partial charge in [-0.2, -0.15) is 0 Å². The highest BCUT2D eigenvalue weighted by Gasteiger charge is 1.95. The Bertz CT molecular complexity index is 269. The molecule has 1 rings (SSSR count). The van der Waals surface area contributed by atoms with Gasteiger partial charge < -0.3 is 0 Å². The molecule has 1 aromatic rings. The molecule has 0 aliphatic heterocycles. The molecule has 0 heterocycles. The Kier molecular flexibility index (Phi) is 1.20. The molecule has 0 unspecified atom stereocenters. The third-order valence-corrected chi connectivity index (χ3v) is 1.58. The quantitative estimate of drug-likeness (QED) is 0.558. The summed E-state index contributed by atoms with van der Waals surface area (Å²) in [5, 5.41) is 0. The minimum atomic E-state index is -1.98. The topological polar surface area (TPSA) is 0 Å². The predicted octanol–water partition coefficient (Wildman–Crippen LogP) is 3.12. The molecule has 0 spiro atoms. The van der Waals surface area contributed by atoms with Crippen molar-refractivity contribution >= 4 is 0 Å². The molecule has 10 heavy (non-hydrogen) atoms. The lowest BCUT2D eigenvalue weighted by molar-refractivity contribution is 0.866. The Balaban J connectivity index is 2.94. The van der Waals surface area contributed by atoms with Crippen molar-refractivity contribution in [2.45, 2.75) is 26.6 Å². The summed E-state index contributed by atoms with van der Waals surface area (Å²) >= 11 is 0. The lowest BCUT2D eigenvalue weighted by atomic mass is 10.0. The van der Waals surface area contributed by atoms with E-state index in [1.807, 2.05) is 12.1 Å². The Morgan fingerprint density at radius 2 is 1.80 bits per heavy atom. The summed E-state index contributed by atoms with van der Waals surface area (Å²) in [7, 11) is 0. The second-order valence-corrected chi connectivity index (χ2v) is 2.78. The number of aryl methyl sites for hydroxylation is 1. The number of hydrogen-bond acceptors (Lipinski definition) is 0. The van der Waals surface area contributed by atoms with Gasteiger partial charge in [-0.25, -0.2) is 0 Å². The minimum absolute atomic E-state index is 0.414. The smallest absolute Gasteiger partial charge is 0.0280 e. The maximum Gasteiger partial charge on any atom is 0.0280 e. The van der Waals surface area contributed by atoms with Crippen LogP contribution in [-0.4, -0.2) is 0 Å². The summed E-state index contributed by atoms with van der Waals surface area (Å²) in [5.74, 6) is 0.450. The average Bonchev–Trinajstić information content (AvgIpc) is 2.03. The van der Waals surface area contributed by atoms with E-state index in [2.05, 4.69) is 13.8 Å². The zero-order chi connectivity index (χ0) is 10.1. The zero-order valence-corrected chi connectivity index (χ0v) is 6.39. The van der Waals surface area contributed by atoms with Gasteiger partial charge in [0.2, 0.25) is 0 Å². The van der Waals surface area contributed by atoms with Gasteiger partial charge in [0.05, 0.1) is 0 Å². The number of rotatable bonds is 1. The summed E-state index contributed by atoms with van der Waals surface area (Å²) < 4.78 is 21.6. The normalized spacial score (nSPS) is 16.1. The van der Waals surface area contributed by atoms with E-state index < -0.39 is 6.85 Å². The van der Waals surface area contributed by atoms with Crippen LogP contribution in [0.4, 0.5) is 0 Å². The Hall–Kier alpha value is -0.780. The van der Waals surface area contributed by atoms with Gasteiger partial charge >= 0.3 is 0 Å². The van der Waals surface area contributed by atoms with Crippen LogP contribution in [0.15, 0.2) is 24.3 Å². The summed E-state index contributed by atoms with van der Waals surface area (Å²) in [6, 6.07) is 7.13. The molecule has 0 bridgehead atoms. The standard InChI is InChI=1S/C10H14/c1-8(2)10-6-4-9(3)5-7-10/h4-8H,1-3H3/i3D3. The van der Waals surface area contributed by atoms with Crippen LogP contribution >= 0.6 is 0 Å². The fourth-order valence-electron chi connectivity index (χ4n) is 0.868. The molecule has 0 aromatic heterocycles.